The van der Waals surface area contributed by atoms with E-state index >= 15 is 0 Å². The number of piperidine rings is 2. The van der Waals surface area contributed by atoms with E-state index in [0.29, 0.717) is 76.8 Å². The van der Waals surface area contributed by atoms with Crippen molar-refractivity contribution >= 4 is 46.2 Å². The van der Waals surface area contributed by atoms with Gasteiger partial charge in [0, 0.05) is 54.5 Å². The molecule has 3 unspecified atom stereocenters. The van der Waals surface area contributed by atoms with Crippen LogP contribution in [0.25, 0.3) is 0 Å². The number of likely N-dealkylation sites (tertiary alicyclic amines) is 2. The fourth-order valence-corrected chi connectivity index (χ4v) is 9.67. The van der Waals surface area contributed by atoms with Crippen molar-refractivity contribution in [1.29, 1.82) is 0 Å². The molecule has 2 saturated heterocycles. The quantitative estimate of drug-likeness (QED) is 0.0886. The summed E-state index contributed by atoms with van der Waals surface area (Å²) in [6, 6.07) is 22.9. The van der Waals surface area contributed by atoms with E-state index in [2.05, 4.69) is 34.6 Å². The highest BCUT2D eigenvalue weighted by atomic mass is 32.2. The van der Waals surface area contributed by atoms with Gasteiger partial charge in [0.15, 0.2) is 0 Å². The first-order valence-corrected chi connectivity index (χ1v) is 23.4. The number of nitrogens with zero attached hydrogens (tertiary/aromatic N) is 3. The van der Waals surface area contributed by atoms with Crippen LogP contribution in [0, 0.1) is 16.7 Å². The summed E-state index contributed by atoms with van der Waals surface area (Å²) in [5.41, 5.74) is 1.50. The van der Waals surface area contributed by atoms with Crippen LogP contribution in [0.2, 0.25) is 0 Å². The van der Waals surface area contributed by atoms with Crippen LogP contribution in [-0.4, -0.2) is 86.7 Å². The minimum absolute atomic E-state index is 0.0762. The van der Waals surface area contributed by atoms with Crippen molar-refractivity contribution in [3.05, 3.63) is 102 Å². The van der Waals surface area contributed by atoms with E-state index in [-0.39, 0.29) is 22.9 Å². The Labute approximate surface area is 367 Å². The number of hydrogen-bond donors (Lipinski definition) is 1. The van der Waals surface area contributed by atoms with E-state index in [1.165, 1.54) is 21.6 Å². The second-order valence-electron chi connectivity index (χ2n) is 18.1. The highest BCUT2D eigenvalue weighted by Crippen LogP contribution is 2.38. The molecule has 3 aromatic rings. The second kappa shape index (κ2) is 22.5. The first-order chi connectivity index (χ1) is 29.2. The fraction of sp³-hybridized carbons (Fsp3) is 0.540. The minimum Gasteiger partial charge on any atom is -0.354 e. The second-order valence-corrected chi connectivity index (χ2v) is 19.2. The summed E-state index contributed by atoms with van der Waals surface area (Å²) in [6.07, 6.45) is 11.3. The normalized spacial score (nSPS) is 18.4. The Hall–Kier alpha value is -4.64. The average Bonchev–Trinajstić information content (AvgIpc) is 3.29. The molecular formula is C50H66N4O6S. The number of aromatic nitrogens is 1. The number of rotatable bonds is 20. The maximum Gasteiger partial charge on any atom is 0.291 e. The van der Waals surface area contributed by atoms with Crippen molar-refractivity contribution in [1.82, 2.24) is 20.1 Å². The lowest BCUT2D eigenvalue weighted by Gasteiger charge is -2.42. The smallest absolute Gasteiger partial charge is 0.291 e. The summed E-state index contributed by atoms with van der Waals surface area (Å²) < 4.78 is 0. The van der Waals surface area contributed by atoms with Gasteiger partial charge in [-0.05, 0) is 106 Å². The van der Waals surface area contributed by atoms with E-state index in [9.17, 15) is 28.8 Å². The van der Waals surface area contributed by atoms with Crippen LogP contribution in [0.1, 0.15) is 128 Å². The molecule has 2 aliphatic rings. The largest absolute Gasteiger partial charge is 0.354 e. The van der Waals surface area contributed by atoms with Gasteiger partial charge in [0.05, 0.1) is 0 Å². The number of carbonyl (C=O) groups is 6. The number of hydrogen-bond acceptors (Lipinski definition) is 8. The molecule has 2 aromatic carbocycles. The molecule has 0 bridgehead atoms. The highest BCUT2D eigenvalue weighted by molar-refractivity contribution is 8.13. The molecule has 0 aliphatic carbocycles. The van der Waals surface area contributed by atoms with Gasteiger partial charge >= 0.3 is 0 Å². The molecule has 1 N–H and O–H groups in total. The van der Waals surface area contributed by atoms with Crippen molar-refractivity contribution in [3.8, 4) is 0 Å². The maximum absolute atomic E-state index is 14.5. The lowest BCUT2D eigenvalue weighted by Crippen LogP contribution is -2.56. The molecule has 328 valence electrons. The Morgan fingerprint density at radius 1 is 0.770 bits per heavy atom. The van der Waals surface area contributed by atoms with Gasteiger partial charge in [0.25, 0.3) is 11.8 Å². The molecule has 3 heterocycles. The first kappa shape index (κ1) is 47.4. The van der Waals surface area contributed by atoms with Gasteiger partial charge < -0.3 is 15.1 Å². The Balaban J connectivity index is 1.25. The molecule has 10 nitrogen and oxygen atoms in total. The zero-order chi connectivity index (χ0) is 44.0. The summed E-state index contributed by atoms with van der Waals surface area (Å²) in [5.74, 6) is -2.28. The summed E-state index contributed by atoms with van der Waals surface area (Å²) in [4.78, 5) is 90.7. The van der Waals surface area contributed by atoms with Crippen molar-refractivity contribution in [2.24, 2.45) is 16.7 Å². The van der Waals surface area contributed by atoms with E-state index in [1.807, 2.05) is 61.7 Å². The van der Waals surface area contributed by atoms with Gasteiger partial charge in [0.1, 0.15) is 12.1 Å². The zero-order valence-corrected chi connectivity index (χ0v) is 37.7. The summed E-state index contributed by atoms with van der Waals surface area (Å²) >= 11 is 1.21. The molecule has 1 aromatic heterocycles. The molecule has 2 aliphatic heterocycles. The van der Waals surface area contributed by atoms with Crippen LogP contribution < -0.4 is 5.32 Å². The van der Waals surface area contributed by atoms with E-state index in [1.54, 1.807) is 33.9 Å². The maximum atomic E-state index is 14.5. The van der Waals surface area contributed by atoms with Gasteiger partial charge in [-0.15, -0.1) is 0 Å². The third kappa shape index (κ3) is 12.7. The number of benzene rings is 2. The fourth-order valence-electron chi connectivity index (χ4n) is 8.62. The predicted octanol–water partition coefficient (Wildman–Crippen LogP) is 8.37. The van der Waals surface area contributed by atoms with E-state index in [0.717, 1.165) is 42.4 Å². The molecule has 0 saturated carbocycles. The number of pyridine rings is 1. The van der Waals surface area contributed by atoms with E-state index in [4.69, 9.17) is 0 Å². The Kier molecular flexibility index (Phi) is 17.4. The number of thioether (sulfide) groups is 1. The highest BCUT2D eigenvalue weighted by Gasteiger charge is 2.46. The molecule has 11 heteroatoms. The molecule has 0 spiro atoms. The summed E-state index contributed by atoms with van der Waals surface area (Å²) in [6.45, 7) is 10.0. The number of amides is 3. The van der Waals surface area contributed by atoms with E-state index < -0.39 is 46.3 Å². The molecule has 3 atom stereocenters. The minimum atomic E-state index is -1.09. The molecular weight excluding hydrogens is 785 g/mol. The lowest BCUT2D eigenvalue weighted by molar-refractivity contribution is -0.154. The number of carbonyl (C=O) groups excluding carboxylic acids is 6. The van der Waals surface area contributed by atoms with Crippen molar-refractivity contribution in [3.63, 3.8) is 0 Å². The number of aryl methyl sites for hydroxylation is 1. The SMILES string of the molecule is CCC(C)(C)C(=O)C(=O)N1CCCC(CCC(C)(C)C(=O)C(=O)N2CCCCC2C(=O)NCCCCc2cccnc2)C1C(=O)SCCC(c1ccccc1)c1ccccc1. The zero-order valence-electron chi connectivity index (χ0n) is 36.9. The summed E-state index contributed by atoms with van der Waals surface area (Å²) in [5, 5.41) is 2.85. The number of unbranched alkanes of at least 4 members (excludes halogenated alkanes) is 1. The summed E-state index contributed by atoms with van der Waals surface area (Å²) in [7, 11) is 0. The number of ketones is 2. The van der Waals surface area contributed by atoms with Crippen molar-refractivity contribution < 1.29 is 28.8 Å². The van der Waals surface area contributed by atoms with Crippen molar-refractivity contribution in [2.75, 3.05) is 25.4 Å². The van der Waals surface area contributed by atoms with Crippen LogP contribution in [0.15, 0.2) is 85.2 Å². The number of nitrogens with one attached hydrogen (secondary N) is 1. The average molecular weight is 851 g/mol. The lowest BCUT2D eigenvalue weighted by atomic mass is 9.76. The van der Waals surface area contributed by atoms with Crippen LogP contribution in [0.5, 0.6) is 0 Å². The third-order valence-electron chi connectivity index (χ3n) is 12.9. The van der Waals surface area contributed by atoms with Crippen LogP contribution >= 0.6 is 11.8 Å². The molecule has 5 rings (SSSR count). The van der Waals surface area contributed by atoms with Gasteiger partial charge in [-0.25, -0.2) is 0 Å². The van der Waals surface area contributed by atoms with Gasteiger partial charge in [-0.3, -0.25) is 33.8 Å². The van der Waals surface area contributed by atoms with Crippen molar-refractivity contribution in [2.45, 2.75) is 130 Å². The van der Waals surface area contributed by atoms with Gasteiger partial charge in [-0.1, -0.05) is 113 Å². The standard InChI is InChI=1S/C50H66N4O6S/c1-6-49(2,3)43(55)47(59)54-33-18-25-39(42(54)48(60)61-34-28-40(37-21-9-7-10-22-37)38-23-11-8-12-24-38)27-29-50(4,5)44(56)46(58)53-32-16-14-26-41(53)45(57)52-31-15-13-19-36-20-17-30-51-35-36/h7-12,17,20-24,30,35,39-42H,6,13-16,18-19,25-29,31-34H2,1-5H3,(H,52,57). The Bertz CT molecular complexity index is 1900. The molecule has 3 amide bonds. The Morgan fingerprint density at radius 2 is 1.41 bits per heavy atom. The predicted molar refractivity (Wildman–Crippen MR) is 242 cm³/mol. The Morgan fingerprint density at radius 3 is 2.05 bits per heavy atom. The van der Waals surface area contributed by atoms with Crippen LogP contribution in [0.3, 0.4) is 0 Å². The molecule has 61 heavy (non-hydrogen) atoms. The monoisotopic (exact) mass is 850 g/mol. The molecule has 2 fully saturated rings. The first-order valence-electron chi connectivity index (χ1n) is 22.4. The van der Waals surface area contributed by atoms with Crippen LogP contribution in [-0.2, 0) is 35.2 Å². The van der Waals surface area contributed by atoms with Gasteiger partial charge in [0.2, 0.25) is 22.6 Å². The molecule has 0 radical (unpaired) electrons. The van der Waals surface area contributed by atoms with Gasteiger partial charge in [-0.2, -0.15) is 0 Å². The topological polar surface area (TPSA) is 134 Å². The third-order valence-corrected chi connectivity index (χ3v) is 13.9. The number of Topliss-reactive ketones (excluding diaryl/α,β-unsaturated/α-hetero) is 2. The van der Waals surface area contributed by atoms with Crippen LogP contribution in [0.4, 0.5) is 0 Å².